The minimum absolute atomic E-state index is 0.108. The van der Waals surface area contributed by atoms with Crippen LogP contribution in [0.15, 0.2) is 12.2 Å². The summed E-state index contributed by atoms with van der Waals surface area (Å²) in [5, 5.41) is 8.30. The van der Waals surface area contributed by atoms with Gasteiger partial charge in [0.05, 0.1) is 6.61 Å². The summed E-state index contributed by atoms with van der Waals surface area (Å²) in [6, 6.07) is 0. The monoisotopic (exact) mass is 228 g/mol. The Balaban J connectivity index is 3.91. The Morgan fingerprint density at radius 3 is 2.31 bits per heavy atom. The van der Waals surface area contributed by atoms with E-state index in [0.29, 0.717) is 12.5 Å². The largest absolute Gasteiger partial charge is 0.478 e. The van der Waals surface area contributed by atoms with Crippen molar-refractivity contribution in [2.24, 2.45) is 11.3 Å². The Bertz CT molecular complexity index is 277. The number of aliphatic carboxylic acids is 1. The van der Waals surface area contributed by atoms with Gasteiger partial charge in [-0.05, 0) is 17.8 Å². The summed E-state index contributed by atoms with van der Waals surface area (Å²) < 4.78 is 4.89. The van der Waals surface area contributed by atoms with Gasteiger partial charge < -0.3 is 9.84 Å². The molecule has 0 heterocycles. The lowest BCUT2D eigenvalue weighted by Crippen LogP contribution is -2.22. The Hall–Kier alpha value is -1.32. The van der Waals surface area contributed by atoms with Crippen LogP contribution < -0.4 is 0 Å². The van der Waals surface area contributed by atoms with E-state index in [1.165, 1.54) is 0 Å². The summed E-state index contributed by atoms with van der Waals surface area (Å²) in [7, 11) is 0. The number of carbonyl (C=O) groups excluding carboxylic acids is 1. The topological polar surface area (TPSA) is 63.6 Å². The molecule has 0 aromatic rings. The predicted molar refractivity (Wildman–Crippen MR) is 61.0 cm³/mol. The van der Waals surface area contributed by atoms with Crippen LogP contribution in [0.5, 0.6) is 0 Å². The minimum atomic E-state index is -1.15. The van der Waals surface area contributed by atoms with E-state index in [9.17, 15) is 9.59 Å². The summed E-state index contributed by atoms with van der Waals surface area (Å²) in [5.74, 6) is -1.26. The van der Waals surface area contributed by atoms with Gasteiger partial charge in [-0.1, -0.05) is 27.7 Å². The van der Waals surface area contributed by atoms with Crippen LogP contribution >= 0.6 is 0 Å². The van der Waals surface area contributed by atoms with Gasteiger partial charge in [0.15, 0.2) is 0 Å². The highest BCUT2D eigenvalue weighted by Crippen LogP contribution is 2.29. The van der Waals surface area contributed by atoms with Crippen LogP contribution in [0.25, 0.3) is 0 Å². The van der Waals surface area contributed by atoms with E-state index in [0.717, 1.165) is 18.6 Å². The molecule has 0 aliphatic carbocycles. The second-order valence-electron chi connectivity index (χ2n) is 4.73. The van der Waals surface area contributed by atoms with Crippen molar-refractivity contribution in [3.63, 3.8) is 0 Å². The van der Waals surface area contributed by atoms with Crippen molar-refractivity contribution in [1.82, 2.24) is 0 Å². The first-order valence-electron chi connectivity index (χ1n) is 5.33. The number of rotatable bonds is 6. The molecule has 92 valence electrons. The van der Waals surface area contributed by atoms with Gasteiger partial charge in [-0.2, -0.15) is 0 Å². The number of carboxylic acid groups (broad SMARTS) is 1. The Morgan fingerprint density at radius 2 is 1.88 bits per heavy atom. The van der Waals surface area contributed by atoms with Gasteiger partial charge >= 0.3 is 11.9 Å². The summed E-state index contributed by atoms with van der Waals surface area (Å²) >= 11 is 0. The number of hydrogen-bond donors (Lipinski definition) is 1. The molecule has 0 amide bonds. The number of esters is 1. The molecule has 1 N–H and O–H groups in total. The molecule has 0 bridgehead atoms. The van der Waals surface area contributed by atoms with E-state index in [4.69, 9.17) is 9.84 Å². The van der Waals surface area contributed by atoms with Crippen LogP contribution in [0.1, 0.15) is 34.1 Å². The molecule has 0 saturated carbocycles. The molecule has 0 aromatic carbocycles. The third-order valence-corrected chi connectivity index (χ3v) is 2.92. The van der Waals surface area contributed by atoms with E-state index in [1.54, 1.807) is 0 Å². The van der Waals surface area contributed by atoms with Gasteiger partial charge in [0.25, 0.3) is 0 Å². The minimum Gasteiger partial charge on any atom is -0.478 e. The van der Waals surface area contributed by atoms with E-state index in [2.05, 4.69) is 27.7 Å². The van der Waals surface area contributed by atoms with Crippen molar-refractivity contribution in [3.05, 3.63) is 12.2 Å². The first kappa shape index (κ1) is 14.7. The average Bonchev–Trinajstić information content (AvgIpc) is 2.14. The lowest BCUT2D eigenvalue weighted by atomic mass is 9.79. The fraction of sp³-hybridized carbons (Fsp3) is 0.667. The SMILES string of the molecule is CC(C)C(C)(C)CCOC(=O)/C=C/C(=O)O. The van der Waals surface area contributed by atoms with Crippen molar-refractivity contribution in [1.29, 1.82) is 0 Å². The summed E-state index contributed by atoms with van der Waals surface area (Å²) in [6.07, 6.45) is 2.46. The number of hydrogen-bond acceptors (Lipinski definition) is 3. The Labute approximate surface area is 96.3 Å². The first-order chi connectivity index (χ1) is 7.25. The highest BCUT2D eigenvalue weighted by molar-refractivity contribution is 5.90. The van der Waals surface area contributed by atoms with E-state index < -0.39 is 11.9 Å². The molecule has 0 radical (unpaired) electrons. The summed E-state index contributed by atoms with van der Waals surface area (Å²) in [4.78, 5) is 21.2. The van der Waals surface area contributed by atoms with Crippen LogP contribution in [0.4, 0.5) is 0 Å². The molecule has 0 rings (SSSR count). The van der Waals surface area contributed by atoms with Gasteiger partial charge in [0.1, 0.15) is 0 Å². The van der Waals surface area contributed by atoms with Crippen LogP contribution in [-0.2, 0) is 14.3 Å². The Kier molecular flexibility index (Phi) is 5.78. The molecule has 0 aliphatic heterocycles. The first-order valence-corrected chi connectivity index (χ1v) is 5.33. The molecule has 0 saturated heterocycles. The highest BCUT2D eigenvalue weighted by Gasteiger charge is 2.22. The van der Waals surface area contributed by atoms with Crippen molar-refractivity contribution in [3.8, 4) is 0 Å². The van der Waals surface area contributed by atoms with E-state index in [1.807, 2.05) is 0 Å². The van der Waals surface area contributed by atoms with Crippen LogP contribution in [-0.4, -0.2) is 23.7 Å². The molecule has 4 heteroatoms. The van der Waals surface area contributed by atoms with Gasteiger partial charge in [0.2, 0.25) is 0 Å². The van der Waals surface area contributed by atoms with Crippen LogP contribution in [0, 0.1) is 11.3 Å². The van der Waals surface area contributed by atoms with Gasteiger partial charge in [-0.25, -0.2) is 9.59 Å². The van der Waals surface area contributed by atoms with E-state index >= 15 is 0 Å². The van der Waals surface area contributed by atoms with Gasteiger partial charge in [-0.3, -0.25) is 0 Å². The second kappa shape index (κ2) is 6.30. The average molecular weight is 228 g/mol. The molecule has 4 nitrogen and oxygen atoms in total. The van der Waals surface area contributed by atoms with Crippen LogP contribution in [0.3, 0.4) is 0 Å². The molecule has 16 heavy (non-hydrogen) atoms. The maximum absolute atomic E-state index is 11.0. The quantitative estimate of drug-likeness (QED) is 0.559. The summed E-state index contributed by atoms with van der Waals surface area (Å²) in [5.41, 5.74) is 0.108. The fourth-order valence-electron chi connectivity index (χ4n) is 0.891. The number of carboxylic acids is 1. The molecule has 0 aliphatic rings. The van der Waals surface area contributed by atoms with Crippen molar-refractivity contribution >= 4 is 11.9 Å². The van der Waals surface area contributed by atoms with Gasteiger partial charge in [-0.15, -0.1) is 0 Å². The third-order valence-electron chi connectivity index (χ3n) is 2.92. The normalized spacial score (nSPS) is 12.1. The van der Waals surface area contributed by atoms with Gasteiger partial charge in [0, 0.05) is 12.2 Å². The molecule has 0 atom stereocenters. The molecular weight excluding hydrogens is 208 g/mol. The third kappa shape index (κ3) is 6.22. The molecule has 0 unspecified atom stereocenters. The fourth-order valence-corrected chi connectivity index (χ4v) is 0.891. The maximum Gasteiger partial charge on any atom is 0.331 e. The van der Waals surface area contributed by atoms with E-state index in [-0.39, 0.29) is 5.41 Å². The highest BCUT2D eigenvalue weighted by atomic mass is 16.5. The predicted octanol–water partition coefficient (Wildman–Crippen LogP) is 2.24. The lowest BCUT2D eigenvalue weighted by Gasteiger charge is -2.28. The lowest BCUT2D eigenvalue weighted by molar-refractivity contribution is -0.139. The smallest absolute Gasteiger partial charge is 0.331 e. The number of ether oxygens (including phenoxy) is 1. The molecular formula is C12H20O4. The standard InChI is InChI=1S/C12H20O4/c1-9(2)12(3,4)7-8-16-11(15)6-5-10(13)14/h5-6,9H,7-8H2,1-4H3,(H,13,14)/b6-5+. The maximum atomic E-state index is 11.0. The van der Waals surface area contributed by atoms with Crippen molar-refractivity contribution < 1.29 is 19.4 Å². The van der Waals surface area contributed by atoms with Crippen molar-refractivity contribution in [2.45, 2.75) is 34.1 Å². The molecule has 0 spiro atoms. The second-order valence-corrected chi connectivity index (χ2v) is 4.73. The summed E-state index contributed by atoms with van der Waals surface area (Å²) in [6.45, 7) is 8.77. The zero-order valence-corrected chi connectivity index (χ0v) is 10.3. The van der Waals surface area contributed by atoms with Crippen molar-refractivity contribution in [2.75, 3.05) is 6.61 Å². The zero-order valence-electron chi connectivity index (χ0n) is 10.3. The van der Waals surface area contributed by atoms with Crippen LogP contribution in [0.2, 0.25) is 0 Å². The molecule has 0 aromatic heterocycles. The Morgan fingerprint density at radius 1 is 1.31 bits per heavy atom. The molecule has 0 fully saturated rings. The zero-order chi connectivity index (χ0) is 12.8. The number of carbonyl (C=O) groups is 2.